The van der Waals surface area contributed by atoms with Gasteiger partial charge >= 0.3 is 0 Å². The molecule has 0 aromatic heterocycles. The van der Waals surface area contributed by atoms with Crippen molar-refractivity contribution in [1.29, 1.82) is 0 Å². The molecule has 1 heterocycles. The molecule has 2 amide bonds. The zero-order valence-electron chi connectivity index (χ0n) is 20.1. The number of carbonyl (C=O) groups is 2. The van der Waals surface area contributed by atoms with Crippen molar-refractivity contribution in [3.63, 3.8) is 0 Å². The Kier molecular flexibility index (Phi) is 6.59. The second kappa shape index (κ2) is 9.42. The maximum atomic E-state index is 13.5. The fourth-order valence-electron chi connectivity index (χ4n) is 4.56. The summed E-state index contributed by atoms with van der Waals surface area (Å²) in [5.41, 5.74) is 2.50. The predicted molar refractivity (Wildman–Crippen MR) is 132 cm³/mol. The van der Waals surface area contributed by atoms with E-state index >= 15 is 0 Å². The van der Waals surface area contributed by atoms with E-state index in [0.29, 0.717) is 17.4 Å². The average Bonchev–Trinajstić information content (AvgIpc) is 2.78. The molecule has 1 N–H and O–H groups in total. The van der Waals surface area contributed by atoms with Crippen LogP contribution in [0.2, 0.25) is 0 Å². The normalized spacial score (nSPS) is 22.0. The van der Waals surface area contributed by atoms with Gasteiger partial charge in [0.2, 0.25) is 5.91 Å². The van der Waals surface area contributed by atoms with Gasteiger partial charge in [0.25, 0.3) is 5.91 Å². The molecule has 5 heteroatoms. The standard InChI is InChI=1S/C28H34N2O3/c1-19-10-8-9-13-22(19)29-26(31)18-30-23-17-21(28(2,3)4)14-15-24(23)33-25(27(30)32)16-20-11-6-5-7-12-20/h5-7,11-12,14-17,19,22H,8-10,13,18H2,1-4H3,(H,29,31). The fraction of sp³-hybridized carbons (Fsp3) is 0.429. The lowest BCUT2D eigenvalue weighted by atomic mass is 9.86. The van der Waals surface area contributed by atoms with Crippen LogP contribution in [0.25, 0.3) is 6.08 Å². The molecule has 4 rings (SSSR count). The van der Waals surface area contributed by atoms with Gasteiger partial charge in [0, 0.05) is 6.04 Å². The lowest BCUT2D eigenvalue weighted by molar-refractivity contribution is -0.124. The number of nitrogens with one attached hydrogen (secondary N) is 1. The molecule has 5 nitrogen and oxygen atoms in total. The Hall–Kier alpha value is -3.08. The highest BCUT2D eigenvalue weighted by molar-refractivity contribution is 6.12. The van der Waals surface area contributed by atoms with E-state index in [9.17, 15) is 9.59 Å². The number of rotatable bonds is 4. The number of anilines is 1. The monoisotopic (exact) mass is 446 g/mol. The molecule has 2 aromatic rings. The number of hydrogen-bond donors (Lipinski definition) is 1. The minimum absolute atomic E-state index is 0.0296. The Bertz CT molecular complexity index is 1050. The smallest absolute Gasteiger partial charge is 0.294 e. The van der Waals surface area contributed by atoms with Crippen molar-refractivity contribution in [2.24, 2.45) is 5.92 Å². The van der Waals surface area contributed by atoms with E-state index in [-0.39, 0.29) is 35.6 Å². The number of hydrogen-bond acceptors (Lipinski definition) is 3. The van der Waals surface area contributed by atoms with Crippen LogP contribution in [0.5, 0.6) is 5.75 Å². The van der Waals surface area contributed by atoms with Crippen molar-refractivity contribution in [3.05, 3.63) is 65.4 Å². The minimum atomic E-state index is -0.302. The summed E-state index contributed by atoms with van der Waals surface area (Å²) >= 11 is 0. The number of nitrogens with zero attached hydrogens (tertiary/aromatic N) is 1. The molecule has 0 radical (unpaired) electrons. The minimum Gasteiger partial charge on any atom is -0.449 e. The third-order valence-electron chi connectivity index (χ3n) is 6.65. The van der Waals surface area contributed by atoms with Crippen LogP contribution >= 0.6 is 0 Å². The molecule has 2 aliphatic rings. The SMILES string of the molecule is CC1CCCCC1NC(=O)CN1C(=O)C(=Cc2ccccc2)Oc2ccc(C(C)(C)C)cc21. The van der Waals surface area contributed by atoms with Gasteiger partial charge in [0.1, 0.15) is 6.54 Å². The summed E-state index contributed by atoms with van der Waals surface area (Å²) in [4.78, 5) is 28.1. The van der Waals surface area contributed by atoms with Gasteiger partial charge in [0.05, 0.1) is 5.69 Å². The molecule has 0 bridgehead atoms. The quantitative estimate of drug-likeness (QED) is 0.636. The number of benzene rings is 2. The molecule has 2 atom stereocenters. The lowest BCUT2D eigenvalue weighted by Gasteiger charge is -2.33. The molecule has 0 saturated heterocycles. The summed E-state index contributed by atoms with van der Waals surface area (Å²) in [6.07, 6.45) is 6.20. The molecular weight excluding hydrogens is 412 g/mol. The first-order chi connectivity index (χ1) is 15.7. The maximum absolute atomic E-state index is 13.5. The summed E-state index contributed by atoms with van der Waals surface area (Å²) in [6, 6.07) is 15.7. The van der Waals surface area contributed by atoms with Crippen LogP contribution in [0.1, 0.15) is 64.5 Å². The van der Waals surface area contributed by atoms with Gasteiger partial charge in [-0.15, -0.1) is 0 Å². The van der Waals surface area contributed by atoms with Crippen LogP contribution in [-0.4, -0.2) is 24.4 Å². The van der Waals surface area contributed by atoms with E-state index in [0.717, 1.165) is 30.4 Å². The Balaban J connectivity index is 1.65. The fourth-order valence-corrected chi connectivity index (χ4v) is 4.56. The van der Waals surface area contributed by atoms with Gasteiger partial charge in [-0.2, -0.15) is 0 Å². The van der Waals surface area contributed by atoms with Crippen LogP contribution in [0.3, 0.4) is 0 Å². The first kappa shape index (κ1) is 23.1. The Morgan fingerprint density at radius 2 is 1.85 bits per heavy atom. The Morgan fingerprint density at radius 1 is 1.12 bits per heavy atom. The number of amides is 2. The van der Waals surface area contributed by atoms with Crippen molar-refractivity contribution in [2.75, 3.05) is 11.4 Å². The molecule has 1 aliphatic heterocycles. The van der Waals surface area contributed by atoms with Crippen molar-refractivity contribution >= 4 is 23.6 Å². The highest BCUT2D eigenvalue weighted by Gasteiger charge is 2.34. The topological polar surface area (TPSA) is 58.6 Å². The summed E-state index contributed by atoms with van der Waals surface area (Å²) in [7, 11) is 0. The van der Waals surface area contributed by atoms with Gasteiger partial charge in [-0.25, -0.2) is 0 Å². The predicted octanol–water partition coefficient (Wildman–Crippen LogP) is 5.45. The van der Waals surface area contributed by atoms with Crippen LogP contribution in [-0.2, 0) is 15.0 Å². The van der Waals surface area contributed by atoms with Crippen molar-refractivity contribution in [3.8, 4) is 5.75 Å². The van der Waals surface area contributed by atoms with Crippen molar-refractivity contribution in [2.45, 2.75) is 64.8 Å². The van der Waals surface area contributed by atoms with E-state index in [1.54, 1.807) is 11.0 Å². The Labute approximate surface area is 196 Å². The highest BCUT2D eigenvalue weighted by Crippen LogP contribution is 2.39. The van der Waals surface area contributed by atoms with Crippen LogP contribution in [0.15, 0.2) is 54.3 Å². The third-order valence-corrected chi connectivity index (χ3v) is 6.65. The molecule has 33 heavy (non-hydrogen) atoms. The highest BCUT2D eigenvalue weighted by atomic mass is 16.5. The molecule has 0 spiro atoms. The second-order valence-corrected chi connectivity index (χ2v) is 10.3. The second-order valence-electron chi connectivity index (χ2n) is 10.3. The average molecular weight is 447 g/mol. The van der Waals surface area contributed by atoms with Crippen LogP contribution < -0.4 is 15.0 Å². The molecular formula is C28H34N2O3. The molecule has 1 aliphatic carbocycles. The third kappa shape index (κ3) is 5.29. The van der Waals surface area contributed by atoms with Crippen LogP contribution in [0.4, 0.5) is 5.69 Å². The summed E-state index contributed by atoms with van der Waals surface area (Å²) in [6.45, 7) is 8.54. The van der Waals surface area contributed by atoms with Gasteiger partial charge in [-0.05, 0) is 53.5 Å². The largest absolute Gasteiger partial charge is 0.449 e. The zero-order valence-corrected chi connectivity index (χ0v) is 20.1. The summed E-state index contributed by atoms with van der Waals surface area (Å²) in [5.74, 6) is 0.829. The number of carbonyl (C=O) groups excluding carboxylic acids is 2. The zero-order chi connectivity index (χ0) is 23.6. The molecule has 2 unspecified atom stereocenters. The van der Waals surface area contributed by atoms with E-state index in [4.69, 9.17) is 4.74 Å². The maximum Gasteiger partial charge on any atom is 0.294 e. The van der Waals surface area contributed by atoms with Gasteiger partial charge in [-0.1, -0.05) is 76.9 Å². The van der Waals surface area contributed by atoms with Crippen molar-refractivity contribution < 1.29 is 14.3 Å². The van der Waals surface area contributed by atoms with E-state index in [2.05, 4.69) is 33.0 Å². The van der Waals surface area contributed by atoms with E-state index in [1.807, 2.05) is 48.5 Å². The molecule has 174 valence electrons. The molecule has 1 saturated carbocycles. The first-order valence-corrected chi connectivity index (χ1v) is 11.9. The van der Waals surface area contributed by atoms with Gasteiger partial charge < -0.3 is 10.1 Å². The Morgan fingerprint density at radius 3 is 2.55 bits per heavy atom. The number of fused-ring (bicyclic) bond motifs is 1. The first-order valence-electron chi connectivity index (χ1n) is 11.9. The molecule has 2 aromatic carbocycles. The van der Waals surface area contributed by atoms with E-state index < -0.39 is 0 Å². The number of ether oxygens (including phenoxy) is 1. The van der Waals surface area contributed by atoms with Crippen molar-refractivity contribution in [1.82, 2.24) is 5.32 Å². The summed E-state index contributed by atoms with van der Waals surface area (Å²) < 4.78 is 6.03. The van der Waals surface area contributed by atoms with Gasteiger partial charge in [0.15, 0.2) is 11.5 Å². The van der Waals surface area contributed by atoms with Gasteiger partial charge in [-0.3, -0.25) is 14.5 Å². The molecule has 1 fully saturated rings. The lowest BCUT2D eigenvalue weighted by Crippen LogP contribution is -2.48. The summed E-state index contributed by atoms with van der Waals surface area (Å²) in [5, 5.41) is 3.18. The van der Waals surface area contributed by atoms with Crippen LogP contribution in [0, 0.1) is 5.92 Å². The van der Waals surface area contributed by atoms with E-state index in [1.165, 1.54) is 6.42 Å².